The molecule has 5 nitrogen and oxygen atoms in total. The van der Waals surface area contributed by atoms with Crippen LogP contribution >= 0.6 is 11.6 Å². The van der Waals surface area contributed by atoms with Gasteiger partial charge in [-0.15, -0.1) is 0 Å². The van der Waals surface area contributed by atoms with Crippen molar-refractivity contribution in [1.82, 2.24) is 9.88 Å². The van der Waals surface area contributed by atoms with Crippen LogP contribution in [-0.2, 0) is 11.3 Å². The molecule has 0 spiro atoms. The van der Waals surface area contributed by atoms with Crippen molar-refractivity contribution in [3.63, 3.8) is 0 Å². The summed E-state index contributed by atoms with van der Waals surface area (Å²) in [4.78, 5) is 16.8. The number of carbonyl (C=O) groups excluding carboxylic acids is 1. The molecule has 0 saturated carbocycles. The SMILES string of the molecule is CC(C)(C)OC(=O)N(CCO)Cc1ccnc(Cl)c1F. The highest BCUT2D eigenvalue weighted by atomic mass is 35.5. The molecular formula is C13H18ClFN2O3. The average molecular weight is 305 g/mol. The Balaban J connectivity index is 2.87. The first-order chi connectivity index (χ1) is 9.24. The number of hydrogen-bond acceptors (Lipinski definition) is 4. The van der Waals surface area contributed by atoms with Gasteiger partial charge in [-0.3, -0.25) is 0 Å². The van der Waals surface area contributed by atoms with Crippen LogP contribution in [0.25, 0.3) is 0 Å². The van der Waals surface area contributed by atoms with Gasteiger partial charge in [0.1, 0.15) is 5.60 Å². The second kappa shape index (κ2) is 6.85. The molecule has 0 aliphatic carbocycles. The minimum absolute atomic E-state index is 0.0360. The number of nitrogens with zero attached hydrogens (tertiary/aromatic N) is 2. The van der Waals surface area contributed by atoms with Gasteiger partial charge in [-0.25, -0.2) is 14.2 Å². The molecule has 0 radical (unpaired) electrons. The molecule has 1 amide bonds. The number of aliphatic hydroxyl groups excluding tert-OH is 1. The largest absolute Gasteiger partial charge is 0.444 e. The van der Waals surface area contributed by atoms with Crippen LogP contribution in [0.3, 0.4) is 0 Å². The van der Waals surface area contributed by atoms with Gasteiger partial charge in [0, 0.05) is 18.3 Å². The number of carbonyl (C=O) groups is 1. The summed E-state index contributed by atoms with van der Waals surface area (Å²) in [5, 5.41) is 8.75. The normalized spacial score (nSPS) is 11.3. The van der Waals surface area contributed by atoms with Gasteiger partial charge in [-0.05, 0) is 26.8 Å². The number of rotatable bonds is 4. The molecule has 1 rings (SSSR count). The zero-order chi connectivity index (χ0) is 15.3. The fourth-order valence-corrected chi connectivity index (χ4v) is 1.64. The Morgan fingerprint density at radius 1 is 1.55 bits per heavy atom. The van der Waals surface area contributed by atoms with Crippen LogP contribution in [0.2, 0.25) is 5.15 Å². The van der Waals surface area contributed by atoms with Gasteiger partial charge >= 0.3 is 6.09 Å². The number of pyridine rings is 1. The lowest BCUT2D eigenvalue weighted by molar-refractivity contribution is 0.0200. The van der Waals surface area contributed by atoms with Crippen LogP contribution in [0.15, 0.2) is 12.3 Å². The van der Waals surface area contributed by atoms with Crippen LogP contribution in [0.1, 0.15) is 26.3 Å². The first-order valence-electron chi connectivity index (χ1n) is 6.12. The molecule has 112 valence electrons. The summed E-state index contributed by atoms with van der Waals surface area (Å²) in [6.07, 6.45) is 0.728. The van der Waals surface area contributed by atoms with E-state index in [1.165, 1.54) is 17.2 Å². The van der Waals surface area contributed by atoms with E-state index in [1.807, 2.05) is 0 Å². The van der Waals surface area contributed by atoms with Crippen LogP contribution in [0.5, 0.6) is 0 Å². The lowest BCUT2D eigenvalue weighted by atomic mass is 10.2. The smallest absolute Gasteiger partial charge is 0.410 e. The third-order valence-electron chi connectivity index (χ3n) is 2.31. The molecule has 0 saturated heterocycles. The Morgan fingerprint density at radius 2 is 2.20 bits per heavy atom. The highest BCUT2D eigenvalue weighted by Gasteiger charge is 2.23. The van der Waals surface area contributed by atoms with Gasteiger partial charge < -0.3 is 14.7 Å². The van der Waals surface area contributed by atoms with Gasteiger partial charge in [0.05, 0.1) is 13.2 Å². The van der Waals surface area contributed by atoms with Gasteiger partial charge in [-0.1, -0.05) is 11.6 Å². The summed E-state index contributed by atoms with van der Waals surface area (Å²) >= 11 is 5.59. The standard InChI is InChI=1S/C13H18ClFN2O3/c1-13(2,3)20-12(19)17(6-7-18)8-9-4-5-16-11(14)10(9)15/h4-5,18H,6-8H2,1-3H3. The van der Waals surface area contributed by atoms with Crippen molar-refractivity contribution in [2.24, 2.45) is 0 Å². The molecule has 0 unspecified atom stereocenters. The van der Waals surface area contributed by atoms with Crippen molar-refractivity contribution in [2.45, 2.75) is 32.9 Å². The van der Waals surface area contributed by atoms with E-state index < -0.39 is 17.5 Å². The maximum atomic E-state index is 13.8. The minimum atomic E-state index is -0.680. The quantitative estimate of drug-likeness (QED) is 0.869. The van der Waals surface area contributed by atoms with E-state index in [2.05, 4.69) is 4.98 Å². The maximum absolute atomic E-state index is 13.8. The molecule has 1 N–H and O–H groups in total. The van der Waals surface area contributed by atoms with Crippen molar-refractivity contribution in [3.05, 3.63) is 28.8 Å². The van der Waals surface area contributed by atoms with E-state index in [0.717, 1.165) is 0 Å². The molecule has 7 heteroatoms. The highest BCUT2D eigenvalue weighted by Crippen LogP contribution is 2.18. The molecule has 20 heavy (non-hydrogen) atoms. The van der Waals surface area contributed by atoms with E-state index in [9.17, 15) is 9.18 Å². The van der Waals surface area contributed by atoms with Crippen LogP contribution in [-0.4, -0.2) is 39.8 Å². The Bertz CT molecular complexity index is 477. The second-order valence-electron chi connectivity index (χ2n) is 5.20. The van der Waals surface area contributed by atoms with Gasteiger partial charge in [0.25, 0.3) is 0 Å². The molecule has 0 bridgehead atoms. The third-order valence-corrected chi connectivity index (χ3v) is 2.57. The van der Waals surface area contributed by atoms with Crippen molar-refractivity contribution >= 4 is 17.7 Å². The monoisotopic (exact) mass is 304 g/mol. The average Bonchev–Trinajstić information content (AvgIpc) is 2.32. The Hall–Kier alpha value is -1.40. The summed E-state index contributed by atoms with van der Waals surface area (Å²) in [6.45, 7) is 4.92. The van der Waals surface area contributed by atoms with Crippen LogP contribution in [0, 0.1) is 5.82 Å². The Morgan fingerprint density at radius 3 is 2.75 bits per heavy atom. The topological polar surface area (TPSA) is 62.7 Å². The molecule has 1 aromatic rings. The molecule has 1 heterocycles. The van der Waals surface area contributed by atoms with E-state index in [-0.39, 0.29) is 30.4 Å². The van der Waals surface area contributed by atoms with Crippen molar-refractivity contribution in [2.75, 3.05) is 13.2 Å². The highest BCUT2D eigenvalue weighted by molar-refractivity contribution is 6.29. The van der Waals surface area contributed by atoms with E-state index in [4.69, 9.17) is 21.4 Å². The molecule has 0 aromatic carbocycles. The van der Waals surface area contributed by atoms with Crippen molar-refractivity contribution < 1.29 is 19.0 Å². The predicted molar refractivity (Wildman–Crippen MR) is 72.9 cm³/mol. The van der Waals surface area contributed by atoms with Gasteiger partial charge in [0.15, 0.2) is 11.0 Å². The first-order valence-corrected chi connectivity index (χ1v) is 6.50. The molecular weight excluding hydrogens is 287 g/mol. The second-order valence-corrected chi connectivity index (χ2v) is 5.56. The Labute approximate surface area is 122 Å². The number of halogens is 2. The number of amides is 1. The fourth-order valence-electron chi connectivity index (χ4n) is 1.46. The summed E-state index contributed by atoms with van der Waals surface area (Å²) in [6, 6.07) is 1.43. The lowest BCUT2D eigenvalue weighted by Crippen LogP contribution is -2.38. The number of aromatic nitrogens is 1. The van der Waals surface area contributed by atoms with E-state index in [0.29, 0.717) is 0 Å². The zero-order valence-electron chi connectivity index (χ0n) is 11.7. The fraction of sp³-hybridized carbons (Fsp3) is 0.538. The number of aliphatic hydroxyl groups is 1. The maximum Gasteiger partial charge on any atom is 0.410 e. The minimum Gasteiger partial charge on any atom is -0.444 e. The first kappa shape index (κ1) is 16.7. The lowest BCUT2D eigenvalue weighted by Gasteiger charge is -2.27. The molecule has 0 aliphatic heterocycles. The van der Waals surface area contributed by atoms with Crippen molar-refractivity contribution in [3.8, 4) is 0 Å². The summed E-state index contributed by atoms with van der Waals surface area (Å²) < 4.78 is 19.0. The molecule has 0 atom stereocenters. The van der Waals surface area contributed by atoms with E-state index in [1.54, 1.807) is 20.8 Å². The van der Waals surface area contributed by atoms with Crippen LogP contribution in [0.4, 0.5) is 9.18 Å². The summed E-state index contributed by atoms with van der Waals surface area (Å²) in [5.41, 5.74) is -0.455. The molecule has 1 aromatic heterocycles. The van der Waals surface area contributed by atoms with E-state index >= 15 is 0 Å². The Kier molecular flexibility index (Phi) is 5.71. The molecule has 0 fully saturated rings. The van der Waals surface area contributed by atoms with Gasteiger partial charge in [0.2, 0.25) is 0 Å². The summed E-state index contributed by atoms with van der Waals surface area (Å²) in [7, 11) is 0. The van der Waals surface area contributed by atoms with Gasteiger partial charge in [-0.2, -0.15) is 0 Å². The zero-order valence-corrected chi connectivity index (χ0v) is 12.4. The van der Waals surface area contributed by atoms with Crippen LogP contribution < -0.4 is 0 Å². The van der Waals surface area contributed by atoms with Crippen molar-refractivity contribution in [1.29, 1.82) is 0 Å². The number of ether oxygens (including phenoxy) is 1. The summed E-state index contributed by atoms with van der Waals surface area (Å²) in [5.74, 6) is -0.680. The number of hydrogen-bond donors (Lipinski definition) is 1. The molecule has 0 aliphatic rings. The predicted octanol–water partition coefficient (Wildman–Crippen LogP) is 2.60. The third kappa shape index (κ3) is 4.94.